The summed E-state index contributed by atoms with van der Waals surface area (Å²) in [5, 5.41) is 0. The molecule has 1 heteroatoms. The fraction of sp³-hybridized carbons (Fsp3) is 0.556. The van der Waals surface area contributed by atoms with Crippen LogP contribution in [0.15, 0.2) is 24.3 Å². The summed E-state index contributed by atoms with van der Waals surface area (Å²) in [6, 6.07) is 8.96. The fourth-order valence-corrected chi connectivity index (χ4v) is 5.00. The van der Waals surface area contributed by atoms with Crippen molar-refractivity contribution in [2.45, 2.75) is 44.9 Å². The molecule has 0 aromatic heterocycles. The molecule has 1 radical (unpaired) electrons. The predicted octanol–water partition coefficient (Wildman–Crippen LogP) is 3.93. The van der Waals surface area contributed by atoms with Crippen molar-refractivity contribution in [2.75, 3.05) is 0 Å². The van der Waals surface area contributed by atoms with Gasteiger partial charge in [0.05, 0.1) is 0 Å². The molecule has 19 heavy (non-hydrogen) atoms. The van der Waals surface area contributed by atoms with Crippen molar-refractivity contribution in [3.63, 3.8) is 0 Å². The van der Waals surface area contributed by atoms with Crippen molar-refractivity contribution in [1.82, 2.24) is 0 Å². The third-order valence-corrected chi connectivity index (χ3v) is 6.08. The Bertz CT molecular complexity index is 532. The molecular formula is C18H21O. The van der Waals surface area contributed by atoms with E-state index >= 15 is 0 Å². The molecule has 4 rings (SSSR count). The van der Waals surface area contributed by atoms with E-state index < -0.39 is 0 Å². The zero-order valence-corrected chi connectivity index (χ0v) is 11.6. The maximum absolute atomic E-state index is 12.2. The standard InChI is InChI=1S/C18H21O/c1-18-11-10-14-13-5-3-2-4-12(13)6-7-15(14)16(18)8-9-17(18)19/h2-5,8,14-16H,6-7,9-11H2,1H3/t14-,15-,16+,18+/m1/s1. The normalized spacial score (nSPS) is 40.5. The molecule has 3 aliphatic rings. The van der Waals surface area contributed by atoms with Gasteiger partial charge in [0.25, 0.3) is 0 Å². The van der Waals surface area contributed by atoms with Crippen LogP contribution >= 0.6 is 0 Å². The molecule has 0 saturated heterocycles. The molecule has 1 nitrogen and oxygen atoms in total. The van der Waals surface area contributed by atoms with Gasteiger partial charge in [-0.2, -0.15) is 0 Å². The van der Waals surface area contributed by atoms with Crippen LogP contribution in [-0.2, 0) is 11.2 Å². The number of hydrogen-bond donors (Lipinski definition) is 0. The van der Waals surface area contributed by atoms with E-state index in [1.807, 2.05) is 0 Å². The van der Waals surface area contributed by atoms with Crippen LogP contribution in [0.5, 0.6) is 0 Å². The molecule has 4 atom stereocenters. The Morgan fingerprint density at radius 3 is 2.95 bits per heavy atom. The summed E-state index contributed by atoms with van der Waals surface area (Å²) in [4.78, 5) is 12.2. The second-order valence-corrected chi connectivity index (χ2v) is 6.85. The fourth-order valence-electron chi connectivity index (χ4n) is 5.00. The lowest BCUT2D eigenvalue weighted by Gasteiger charge is -2.48. The van der Waals surface area contributed by atoms with E-state index in [1.165, 1.54) is 19.3 Å². The molecule has 0 heterocycles. The predicted molar refractivity (Wildman–Crippen MR) is 75.7 cm³/mol. The molecular weight excluding hydrogens is 232 g/mol. The van der Waals surface area contributed by atoms with Crippen LogP contribution in [0.25, 0.3) is 0 Å². The van der Waals surface area contributed by atoms with Gasteiger partial charge in [0.2, 0.25) is 0 Å². The molecule has 0 aliphatic heterocycles. The summed E-state index contributed by atoms with van der Waals surface area (Å²) in [6.45, 7) is 2.22. The van der Waals surface area contributed by atoms with Crippen molar-refractivity contribution in [2.24, 2.45) is 17.3 Å². The summed E-state index contributed by atoms with van der Waals surface area (Å²) in [5.74, 6) is 2.44. The Morgan fingerprint density at radius 2 is 2.05 bits per heavy atom. The van der Waals surface area contributed by atoms with Crippen molar-refractivity contribution >= 4 is 5.78 Å². The Balaban J connectivity index is 1.74. The van der Waals surface area contributed by atoms with Crippen LogP contribution in [-0.4, -0.2) is 5.78 Å². The highest BCUT2D eigenvalue weighted by Crippen LogP contribution is 2.59. The molecule has 2 saturated carbocycles. The first-order chi connectivity index (χ1) is 9.20. The molecule has 0 unspecified atom stereocenters. The second kappa shape index (κ2) is 3.94. The van der Waals surface area contributed by atoms with Crippen molar-refractivity contribution in [1.29, 1.82) is 0 Å². The first-order valence-corrected chi connectivity index (χ1v) is 7.64. The molecule has 2 fully saturated rings. The average molecular weight is 253 g/mol. The zero-order chi connectivity index (χ0) is 13.0. The number of Topliss-reactive ketones (excluding diaryl/α,β-unsaturated/α-hetero) is 1. The number of carbonyl (C=O) groups excluding carboxylic acids is 1. The minimum Gasteiger partial charge on any atom is -0.299 e. The van der Waals surface area contributed by atoms with Crippen LogP contribution in [0.1, 0.15) is 49.7 Å². The zero-order valence-electron chi connectivity index (χ0n) is 11.6. The molecule has 0 bridgehead atoms. The Kier molecular flexibility index (Phi) is 2.43. The summed E-state index contributed by atoms with van der Waals surface area (Å²) in [7, 11) is 0. The quantitative estimate of drug-likeness (QED) is 0.684. The SMILES string of the molecule is C[C@]12CC[C@@H]3c4ccccc4CC[C@H]3[C@@H]1[CH]CC2=O. The van der Waals surface area contributed by atoms with Crippen LogP contribution in [0, 0.1) is 23.7 Å². The van der Waals surface area contributed by atoms with Crippen molar-refractivity contribution in [3.8, 4) is 0 Å². The molecule has 0 amide bonds. The van der Waals surface area contributed by atoms with Crippen molar-refractivity contribution < 1.29 is 4.79 Å². The first kappa shape index (κ1) is 11.7. The number of ketones is 1. The third-order valence-electron chi connectivity index (χ3n) is 6.08. The molecule has 0 N–H and O–H groups in total. The first-order valence-electron chi connectivity index (χ1n) is 7.64. The summed E-state index contributed by atoms with van der Waals surface area (Å²) < 4.78 is 0. The summed E-state index contributed by atoms with van der Waals surface area (Å²) in [6.07, 6.45) is 7.81. The van der Waals surface area contributed by atoms with Gasteiger partial charge >= 0.3 is 0 Å². The van der Waals surface area contributed by atoms with E-state index in [0.29, 0.717) is 30.0 Å². The van der Waals surface area contributed by atoms with E-state index in [4.69, 9.17) is 0 Å². The maximum Gasteiger partial charge on any atom is 0.139 e. The van der Waals surface area contributed by atoms with Crippen LogP contribution in [0.3, 0.4) is 0 Å². The number of fused-ring (bicyclic) bond motifs is 5. The number of carbonyl (C=O) groups is 1. The molecule has 0 spiro atoms. The minimum absolute atomic E-state index is 0.0343. The maximum atomic E-state index is 12.2. The Labute approximate surface area is 115 Å². The van der Waals surface area contributed by atoms with Gasteiger partial charge in [-0.1, -0.05) is 31.2 Å². The molecule has 99 valence electrons. The lowest BCUT2D eigenvalue weighted by molar-refractivity contribution is -0.129. The lowest BCUT2D eigenvalue weighted by atomic mass is 9.55. The number of benzene rings is 1. The summed E-state index contributed by atoms with van der Waals surface area (Å²) in [5.41, 5.74) is 3.10. The second-order valence-electron chi connectivity index (χ2n) is 6.85. The van der Waals surface area contributed by atoms with Gasteiger partial charge in [0, 0.05) is 11.8 Å². The number of hydrogen-bond acceptors (Lipinski definition) is 1. The smallest absolute Gasteiger partial charge is 0.139 e. The Hall–Kier alpha value is -1.11. The van der Waals surface area contributed by atoms with Gasteiger partial charge in [-0.05, 0) is 61.0 Å². The highest BCUT2D eigenvalue weighted by molar-refractivity contribution is 5.89. The van der Waals surface area contributed by atoms with E-state index in [-0.39, 0.29) is 5.41 Å². The molecule has 1 aromatic rings. The van der Waals surface area contributed by atoms with E-state index in [0.717, 1.165) is 6.42 Å². The van der Waals surface area contributed by atoms with Gasteiger partial charge < -0.3 is 0 Å². The minimum atomic E-state index is -0.0343. The number of aryl methyl sites for hydroxylation is 1. The summed E-state index contributed by atoms with van der Waals surface area (Å²) >= 11 is 0. The lowest BCUT2D eigenvalue weighted by Crippen LogP contribution is -2.42. The van der Waals surface area contributed by atoms with Gasteiger partial charge in [0.1, 0.15) is 5.78 Å². The highest BCUT2D eigenvalue weighted by Gasteiger charge is 2.54. The van der Waals surface area contributed by atoms with Crippen LogP contribution in [0.2, 0.25) is 0 Å². The average Bonchev–Trinajstić information content (AvgIpc) is 2.75. The monoisotopic (exact) mass is 253 g/mol. The molecule has 3 aliphatic carbocycles. The van der Waals surface area contributed by atoms with E-state index in [1.54, 1.807) is 11.1 Å². The highest BCUT2D eigenvalue weighted by atomic mass is 16.1. The number of rotatable bonds is 0. The topological polar surface area (TPSA) is 17.1 Å². The Morgan fingerprint density at radius 1 is 1.21 bits per heavy atom. The van der Waals surface area contributed by atoms with Gasteiger partial charge in [-0.3, -0.25) is 4.79 Å². The molecule has 1 aromatic carbocycles. The van der Waals surface area contributed by atoms with Gasteiger partial charge in [-0.25, -0.2) is 0 Å². The van der Waals surface area contributed by atoms with Gasteiger partial charge in [0.15, 0.2) is 0 Å². The third kappa shape index (κ3) is 1.50. The largest absolute Gasteiger partial charge is 0.299 e. The van der Waals surface area contributed by atoms with Gasteiger partial charge in [-0.15, -0.1) is 0 Å². The van der Waals surface area contributed by atoms with Crippen molar-refractivity contribution in [3.05, 3.63) is 41.8 Å². The van der Waals surface area contributed by atoms with E-state index in [9.17, 15) is 4.79 Å². The van der Waals surface area contributed by atoms with Crippen LogP contribution in [0.4, 0.5) is 0 Å². The van der Waals surface area contributed by atoms with Crippen LogP contribution < -0.4 is 0 Å². The van der Waals surface area contributed by atoms with E-state index in [2.05, 4.69) is 37.6 Å².